The SMILES string of the molecule is O=C(c1ccncc1)N1CCN(c2cc(Cl)nc(C3CC3)n2)CC1. The van der Waals surface area contributed by atoms with Crippen LogP contribution in [0.4, 0.5) is 5.82 Å². The van der Waals surface area contributed by atoms with Crippen molar-refractivity contribution in [2.45, 2.75) is 18.8 Å². The Morgan fingerprint density at radius 1 is 1.08 bits per heavy atom. The van der Waals surface area contributed by atoms with E-state index in [-0.39, 0.29) is 5.91 Å². The summed E-state index contributed by atoms with van der Waals surface area (Å²) < 4.78 is 0. The summed E-state index contributed by atoms with van der Waals surface area (Å²) in [5, 5.41) is 0.497. The summed E-state index contributed by atoms with van der Waals surface area (Å²) in [5.41, 5.74) is 0.680. The molecule has 0 bridgehead atoms. The lowest BCUT2D eigenvalue weighted by Crippen LogP contribution is -2.49. The summed E-state index contributed by atoms with van der Waals surface area (Å²) >= 11 is 6.15. The Morgan fingerprint density at radius 2 is 1.79 bits per heavy atom. The van der Waals surface area contributed by atoms with Gasteiger partial charge in [0.15, 0.2) is 0 Å². The maximum Gasteiger partial charge on any atom is 0.254 e. The molecule has 0 unspecified atom stereocenters. The molecule has 1 saturated carbocycles. The number of aromatic nitrogens is 3. The normalized spacial score (nSPS) is 17.9. The van der Waals surface area contributed by atoms with Crippen molar-refractivity contribution in [3.05, 3.63) is 47.1 Å². The molecule has 3 heterocycles. The van der Waals surface area contributed by atoms with E-state index in [4.69, 9.17) is 11.6 Å². The highest BCUT2D eigenvalue weighted by Gasteiger charge is 2.29. The molecule has 124 valence electrons. The molecule has 24 heavy (non-hydrogen) atoms. The van der Waals surface area contributed by atoms with Crippen molar-refractivity contribution < 1.29 is 4.79 Å². The number of nitrogens with zero attached hydrogens (tertiary/aromatic N) is 5. The standard InChI is InChI=1S/C17H18ClN5O/c18-14-11-15(21-16(20-14)12-1-2-12)22-7-9-23(10-8-22)17(24)13-3-5-19-6-4-13/h3-6,11-12H,1-2,7-10H2. The van der Waals surface area contributed by atoms with Crippen LogP contribution in [0.15, 0.2) is 30.6 Å². The van der Waals surface area contributed by atoms with Gasteiger partial charge in [0.2, 0.25) is 0 Å². The van der Waals surface area contributed by atoms with Crippen LogP contribution in [0.25, 0.3) is 0 Å². The quantitative estimate of drug-likeness (QED) is 0.801. The zero-order chi connectivity index (χ0) is 16.5. The average Bonchev–Trinajstić information content (AvgIpc) is 3.47. The number of piperazine rings is 1. The monoisotopic (exact) mass is 343 g/mol. The Balaban J connectivity index is 1.44. The molecule has 0 aromatic carbocycles. The fraction of sp³-hybridized carbons (Fsp3) is 0.412. The van der Waals surface area contributed by atoms with Crippen molar-refractivity contribution >= 4 is 23.3 Å². The second-order valence-corrected chi connectivity index (χ2v) is 6.58. The lowest BCUT2D eigenvalue weighted by molar-refractivity contribution is 0.0746. The van der Waals surface area contributed by atoms with E-state index in [0.29, 0.717) is 29.7 Å². The first-order chi connectivity index (χ1) is 11.7. The molecule has 2 aliphatic rings. The Hall–Kier alpha value is -2.21. The van der Waals surface area contributed by atoms with Gasteiger partial charge >= 0.3 is 0 Å². The Morgan fingerprint density at radius 3 is 2.46 bits per heavy atom. The molecule has 2 aromatic heterocycles. The molecule has 0 atom stereocenters. The summed E-state index contributed by atoms with van der Waals surface area (Å²) in [6, 6.07) is 5.31. The van der Waals surface area contributed by atoms with E-state index < -0.39 is 0 Å². The molecule has 1 aliphatic carbocycles. The maximum absolute atomic E-state index is 12.5. The Labute approximate surface area is 145 Å². The first-order valence-corrected chi connectivity index (χ1v) is 8.57. The van der Waals surface area contributed by atoms with Crippen molar-refractivity contribution in [1.82, 2.24) is 19.9 Å². The number of rotatable bonds is 3. The first kappa shape index (κ1) is 15.3. The average molecular weight is 344 g/mol. The Kier molecular flexibility index (Phi) is 4.06. The lowest BCUT2D eigenvalue weighted by atomic mass is 10.2. The van der Waals surface area contributed by atoms with E-state index in [0.717, 1.165) is 37.6 Å². The van der Waals surface area contributed by atoms with Crippen molar-refractivity contribution in [1.29, 1.82) is 0 Å². The largest absolute Gasteiger partial charge is 0.353 e. The first-order valence-electron chi connectivity index (χ1n) is 8.19. The lowest BCUT2D eigenvalue weighted by Gasteiger charge is -2.35. The third kappa shape index (κ3) is 3.19. The molecule has 4 rings (SSSR count). The topological polar surface area (TPSA) is 62.2 Å². The summed E-state index contributed by atoms with van der Waals surface area (Å²) in [7, 11) is 0. The fourth-order valence-electron chi connectivity index (χ4n) is 2.92. The zero-order valence-electron chi connectivity index (χ0n) is 13.2. The number of carbonyl (C=O) groups is 1. The summed E-state index contributed by atoms with van der Waals surface area (Å²) in [6.07, 6.45) is 5.58. The van der Waals surface area contributed by atoms with Crippen LogP contribution in [0.2, 0.25) is 5.15 Å². The van der Waals surface area contributed by atoms with Crippen LogP contribution in [-0.4, -0.2) is 51.9 Å². The number of halogens is 1. The molecule has 2 fully saturated rings. The van der Waals surface area contributed by atoms with Gasteiger partial charge in [0, 0.05) is 56.1 Å². The molecule has 6 nitrogen and oxygen atoms in total. The smallest absolute Gasteiger partial charge is 0.254 e. The van der Waals surface area contributed by atoms with Gasteiger partial charge in [0.1, 0.15) is 16.8 Å². The number of hydrogen-bond acceptors (Lipinski definition) is 5. The molecule has 0 radical (unpaired) electrons. The summed E-state index contributed by atoms with van der Waals surface area (Å²) in [6.45, 7) is 2.83. The van der Waals surface area contributed by atoms with Crippen molar-refractivity contribution in [3.63, 3.8) is 0 Å². The Bertz CT molecular complexity index is 742. The van der Waals surface area contributed by atoms with Gasteiger partial charge in [-0.25, -0.2) is 9.97 Å². The third-order valence-corrected chi connectivity index (χ3v) is 4.65. The van der Waals surface area contributed by atoms with E-state index in [1.165, 1.54) is 0 Å². The van der Waals surface area contributed by atoms with E-state index in [1.807, 2.05) is 11.0 Å². The molecular formula is C17H18ClN5O. The van der Waals surface area contributed by atoms with Gasteiger partial charge in [-0.3, -0.25) is 9.78 Å². The fourth-order valence-corrected chi connectivity index (χ4v) is 3.11. The van der Waals surface area contributed by atoms with Crippen molar-refractivity contribution in [3.8, 4) is 0 Å². The molecule has 2 aromatic rings. The second kappa shape index (κ2) is 6.36. The number of amides is 1. The molecule has 0 N–H and O–H groups in total. The van der Waals surface area contributed by atoms with Gasteiger partial charge in [0.05, 0.1) is 0 Å². The molecule has 1 amide bonds. The molecule has 0 spiro atoms. The van der Waals surface area contributed by atoms with Crippen LogP contribution < -0.4 is 4.90 Å². The number of hydrogen-bond donors (Lipinski definition) is 0. The number of carbonyl (C=O) groups excluding carboxylic acids is 1. The van der Waals surface area contributed by atoms with Crippen LogP contribution >= 0.6 is 11.6 Å². The van der Waals surface area contributed by atoms with Crippen LogP contribution in [0.5, 0.6) is 0 Å². The van der Waals surface area contributed by atoms with E-state index in [2.05, 4.69) is 19.9 Å². The maximum atomic E-state index is 12.5. The van der Waals surface area contributed by atoms with Gasteiger partial charge in [-0.2, -0.15) is 0 Å². The number of anilines is 1. The molecule has 1 aliphatic heterocycles. The summed E-state index contributed by atoms with van der Waals surface area (Å²) in [4.78, 5) is 29.5. The van der Waals surface area contributed by atoms with Crippen LogP contribution in [-0.2, 0) is 0 Å². The molecule has 1 saturated heterocycles. The van der Waals surface area contributed by atoms with Gasteiger partial charge in [-0.1, -0.05) is 11.6 Å². The highest BCUT2D eigenvalue weighted by atomic mass is 35.5. The zero-order valence-corrected chi connectivity index (χ0v) is 14.0. The predicted octanol–water partition coefficient (Wildman–Crippen LogP) is 2.36. The van der Waals surface area contributed by atoms with Crippen LogP contribution in [0.3, 0.4) is 0 Å². The third-order valence-electron chi connectivity index (χ3n) is 4.46. The van der Waals surface area contributed by atoms with Crippen molar-refractivity contribution in [2.24, 2.45) is 0 Å². The van der Waals surface area contributed by atoms with E-state index >= 15 is 0 Å². The van der Waals surface area contributed by atoms with Crippen LogP contribution in [0.1, 0.15) is 34.9 Å². The second-order valence-electron chi connectivity index (χ2n) is 6.20. The van der Waals surface area contributed by atoms with Gasteiger partial charge in [0.25, 0.3) is 5.91 Å². The van der Waals surface area contributed by atoms with Gasteiger partial charge in [-0.05, 0) is 25.0 Å². The molecular weight excluding hydrogens is 326 g/mol. The van der Waals surface area contributed by atoms with E-state index in [1.54, 1.807) is 24.5 Å². The minimum atomic E-state index is 0.0523. The number of pyridine rings is 1. The van der Waals surface area contributed by atoms with E-state index in [9.17, 15) is 4.79 Å². The predicted molar refractivity (Wildman–Crippen MR) is 91.4 cm³/mol. The highest BCUT2D eigenvalue weighted by molar-refractivity contribution is 6.29. The molecule has 7 heteroatoms. The van der Waals surface area contributed by atoms with Crippen LogP contribution in [0, 0.1) is 0 Å². The van der Waals surface area contributed by atoms with Gasteiger partial charge < -0.3 is 9.80 Å². The highest BCUT2D eigenvalue weighted by Crippen LogP contribution is 2.39. The van der Waals surface area contributed by atoms with Gasteiger partial charge in [-0.15, -0.1) is 0 Å². The minimum Gasteiger partial charge on any atom is -0.353 e. The summed E-state index contributed by atoms with van der Waals surface area (Å²) in [5.74, 6) is 2.24. The minimum absolute atomic E-state index is 0.0523. The van der Waals surface area contributed by atoms with Crippen molar-refractivity contribution in [2.75, 3.05) is 31.1 Å².